The van der Waals surface area contributed by atoms with Crippen molar-refractivity contribution in [2.75, 3.05) is 6.54 Å². The fourth-order valence-corrected chi connectivity index (χ4v) is 1.08. The molecule has 0 aliphatic carbocycles. The fourth-order valence-electron chi connectivity index (χ4n) is 0.991. The maximum absolute atomic E-state index is 12.7. The van der Waals surface area contributed by atoms with Gasteiger partial charge in [-0.1, -0.05) is 29.8 Å². The van der Waals surface area contributed by atoms with Gasteiger partial charge in [-0.3, -0.25) is 0 Å². The van der Waals surface area contributed by atoms with Crippen LogP contribution >= 0.6 is 11.6 Å². The van der Waals surface area contributed by atoms with E-state index in [0.717, 1.165) is 5.56 Å². The van der Waals surface area contributed by atoms with Crippen LogP contribution in [-0.4, -0.2) is 6.54 Å². The van der Waals surface area contributed by atoms with Crippen molar-refractivity contribution in [2.45, 2.75) is 6.54 Å². The summed E-state index contributed by atoms with van der Waals surface area (Å²) in [6, 6.07) is 6.52. The summed E-state index contributed by atoms with van der Waals surface area (Å²) in [7, 11) is 0. The highest BCUT2D eigenvalue weighted by molar-refractivity contribution is 6.25. The van der Waals surface area contributed by atoms with Gasteiger partial charge < -0.3 is 5.32 Å². The summed E-state index contributed by atoms with van der Waals surface area (Å²) in [5.41, 5.74) is 2.39. The predicted molar refractivity (Wildman–Crippen MR) is 53.1 cm³/mol. The summed E-state index contributed by atoms with van der Waals surface area (Å²) in [6.07, 6.45) is 1.79. The normalized spacial score (nSPS) is 10.9. The molecular formula is C10H11ClFN. The van der Waals surface area contributed by atoms with E-state index in [1.165, 1.54) is 17.7 Å². The van der Waals surface area contributed by atoms with Crippen LogP contribution in [0.1, 0.15) is 5.56 Å². The Morgan fingerprint density at radius 2 is 2.31 bits per heavy atom. The fraction of sp³-hybridized carbons (Fsp3) is 0.200. The summed E-state index contributed by atoms with van der Waals surface area (Å²) in [4.78, 5) is 0. The van der Waals surface area contributed by atoms with Gasteiger partial charge in [0.05, 0.1) is 0 Å². The molecular weight excluding hydrogens is 189 g/mol. The minimum absolute atomic E-state index is 0.202. The van der Waals surface area contributed by atoms with E-state index in [0.29, 0.717) is 13.1 Å². The molecule has 0 aliphatic rings. The Hall–Kier alpha value is -0.860. The Kier molecular flexibility index (Phi) is 4.50. The van der Waals surface area contributed by atoms with Crippen LogP contribution in [0.5, 0.6) is 0 Å². The molecule has 1 aromatic rings. The molecule has 1 rings (SSSR count). The van der Waals surface area contributed by atoms with Crippen molar-refractivity contribution in [1.82, 2.24) is 5.32 Å². The molecule has 0 unspecified atom stereocenters. The first-order chi connectivity index (χ1) is 6.33. The van der Waals surface area contributed by atoms with Crippen molar-refractivity contribution >= 4 is 11.6 Å². The van der Waals surface area contributed by atoms with E-state index >= 15 is 0 Å². The van der Waals surface area contributed by atoms with Crippen LogP contribution in [0.15, 0.2) is 35.9 Å². The van der Waals surface area contributed by atoms with Crippen LogP contribution in [0.4, 0.5) is 4.39 Å². The van der Waals surface area contributed by atoms with Gasteiger partial charge in [-0.25, -0.2) is 4.39 Å². The second kappa shape index (κ2) is 5.73. The molecule has 13 heavy (non-hydrogen) atoms. The molecule has 70 valence electrons. The molecule has 0 radical (unpaired) electrons. The van der Waals surface area contributed by atoms with Crippen molar-refractivity contribution < 1.29 is 4.39 Å². The van der Waals surface area contributed by atoms with E-state index < -0.39 is 0 Å². The van der Waals surface area contributed by atoms with E-state index in [1.807, 2.05) is 6.07 Å². The molecule has 0 aromatic heterocycles. The number of benzene rings is 1. The number of nitrogens with one attached hydrogen (secondary N) is 1. The van der Waals surface area contributed by atoms with E-state index in [1.54, 1.807) is 12.1 Å². The van der Waals surface area contributed by atoms with Gasteiger partial charge in [0.15, 0.2) is 0 Å². The third kappa shape index (κ3) is 4.06. The molecule has 0 saturated heterocycles. The molecule has 0 heterocycles. The van der Waals surface area contributed by atoms with Gasteiger partial charge in [0, 0.05) is 18.6 Å². The average molecular weight is 200 g/mol. The summed E-state index contributed by atoms with van der Waals surface area (Å²) in [6.45, 7) is 1.35. The second-order valence-electron chi connectivity index (χ2n) is 2.62. The third-order valence-corrected chi connectivity index (χ3v) is 1.75. The lowest BCUT2D eigenvalue weighted by Crippen LogP contribution is -2.12. The van der Waals surface area contributed by atoms with Crippen molar-refractivity contribution in [2.24, 2.45) is 0 Å². The molecule has 0 amide bonds. The molecule has 0 fully saturated rings. The zero-order valence-electron chi connectivity index (χ0n) is 7.13. The van der Waals surface area contributed by atoms with E-state index in [2.05, 4.69) is 5.32 Å². The largest absolute Gasteiger partial charge is 0.309 e. The molecule has 1 aromatic carbocycles. The zero-order chi connectivity index (χ0) is 9.52. The first-order valence-corrected chi connectivity index (χ1v) is 4.47. The van der Waals surface area contributed by atoms with E-state index in [4.69, 9.17) is 11.6 Å². The molecule has 0 saturated carbocycles. The molecule has 1 N–H and O–H groups in total. The Morgan fingerprint density at radius 3 is 3.00 bits per heavy atom. The van der Waals surface area contributed by atoms with Crippen LogP contribution in [-0.2, 0) is 6.54 Å². The van der Waals surface area contributed by atoms with Gasteiger partial charge in [-0.15, -0.1) is 0 Å². The van der Waals surface area contributed by atoms with Gasteiger partial charge in [0.2, 0.25) is 0 Å². The predicted octanol–water partition coefficient (Wildman–Crippen LogP) is 2.67. The monoisotopic (exact) mass is 199 g/mol. The molecule has 0 spiro atoms. The highest BCUT2D eigenvalue weighted by Gasteiger charge is 1.92. The Morgan fingerprint density at radius 1 is 1.46 bits per heavy atom. The Bertz CT molecular complexity index is 286. The summed E-state index contributed by atoms with van der Waals surface area (Å²) < 4.78 is 12.7. The number of hydrogen-bond donors (Lipinski definition) is 1. The number of hydrogen-bond acceptors (Lipinski definition) is 1. The second-order valence-corrected chi connectivity index (χ2v) is 2.87. The van der Waals surface area contributed by atoms with Crippen LogP contribution in [0, 0.1) is 5.82 Å². The molecule has 0 bridgehead atoms. The Balaban J connectivity index is 2.36. The smallest absolute Gasteiger partial charge is 0.123 e. The zero-order valence-corrected chi connectivity index (χ0v) is 7.89. The first kappa shape index (κ1) is 10.2. The van der Waals surface area contributed by atoms with Gasteiger partial charge in [-0.2, -0.15) is 0 Å². The molecule has 3 heteroatoms. The highest BCUT2D eigenvalue weighted by atomic mass is 35.5. The average Bonchev–Trinajstić information content (AvgIpc) is 2.13. The number of rotatable bonds is 4. The van der Waals surface area contributed by atoms with Crippen LogP contribution in [0.2, 0.25) is 0 Å². The van der Waals surface area contributed by atoms with Gasteiger partial charge >= 0.3 is 0 Å². The third-order valence-electron chi connectivity index (χ3n) is 1.57. The highest BCUT2D eigenvalue weighted by Crippen LogP contribution is 2.02. The van der Waals surface area contributed by atoms with Crippen molar-refractivity contribution in [3.63, 3.8) is 0 Å². The summed E-state index contributed by atoms with van der Waals surface area (Å²) in [5.74, 6) is -0.202. The van der Waals surface area contributed by atoms with Crippen LogP contribution in [0.25, 0.3) is 0 Å². The minimum atomic E-state index is -0.202. The van der Waals surface area contributed by atoms with E-state index in [9.17, 15) is 4.39 Å². The number of halogens is 2. The molecule has 0 atom stereocenters. The lowest BCUT2D eigenvalue weighted by Gasteiger charge is -2.01. The van der Waals surface area contributed by atoms with Crippen molar-refractivity contribution in [1.29, 1.82) is 0 Å². The first-order valence-electron chi connectivity index (χ1n) is 4.03. The SMILES string of the molecule is Fc1cccc(CNC/C=C/Cl)c1. The standard InChI is InChI=1S/C10H11ClFN/c11-5-2-6-13-8-9-3-1-4-10(12)7-9/h1-5,7,13H,6,8H2/b5-2+. The van der Waals surface area contributed by atoms with Gasteiger partial charge in [-0.05, 0) is 17.7 Å². The maximum atomic E-state index is 12.7. The van der Waals surface area contributed by atoms with Gasteiger partial charge in [0.25, 0.3) is 0 Å². The van der Waals surface area contributed by atoms with Crippen molar-refractivity contribution in [3.05, 3.63) is 47.3 Å². The summed E-state index contributed by atoms with van der Waals surface area (Å²) >= 11 is 5.33. The molecule has 1 nitrogen and oxygen atoms in total. The van der Waals surface area contributed by atoms with Crippen molar-refractivity contribution in [3.8, 4) is 0 Å². The minimum Gasteiger partial charge on any atom is -0.309 e. The topological polar surface area (TPSA) is 12.0 Å². The quantitative estimate of drug-likeness (QED) is 0.736. The maximum Gasteiger partial charge on any atom is 0.123 e. The Labute approximate surface area is 82.2 Å². The lowest BCUT2D eigenvalue weighted by molar-refractivity contribution is 0.623. The molecule has 0 aliphatic heterocycles. The van der Waals surface area contributed by atoms with Gasteiger partial charge in [0.1, 0.15) is 5.82 Å². The van der Waals surface area contributed by atoms with Crippen LogP contribution in [0.3, 0.4) is 0 Å². The van der Waals surface area contributed by atoms with E-state index in [-0.39, 0.29) is 5.82 Å². The lowest BCUT2D eigenvalue weighted by atomic mass is 10.2. The summed E-state index contributed by atoms with van der Waals surface area (Å²) in [5, 5.41) is 3.09. The van der Waals surface area contributed by atoms with Crippen LogP contribution < -0.4 is 5.32 Å².